The van der Waals surface area contributed by atoms with Gasteiger partial charge in [0, 0.05) is 38.9 Å². The van der Waals surface area contributed by atoms with E-state index in [1.807, 2.05) is 0 Å². The molecule has 11 aromatic carbocycles. The van der Waals surface area contributed by atoms with Gasteiger partial charge in [0.25, 0.3) is 0 Å². The summed E-state index contributed by atoms with van der Waals surface area (Å²) in [6, 6.07) is 94.5. The molecule has 13 rings (SSSR count). The van der Waals surface area contributed by atoms with Crippen LogP contribution in [0.3, 0.4) is 0 Å². The molecule has 0 amide bonds. The lowest BCUT2D eigenvalue weighted by Gasteiger charge is -2.17. The van der Waals surface area contributed by atoms with Crippen molar-refractivity contribution in [2.24, 2.45) is 0 Å². The van der Waals surface area contributed by atoms with Gasteiger partial charge in [-0.15, -0.1) is 0 Å². The Morgan fingerprint density at radius 1 is 0.235 bits per heavy atom. The summed E-state index contributed by atoms with van der Waals surface area (Å²) in [5.41, 5.74) is 21.3. The Hall–Kier alpha value is -8.98. The summed E-state index contributed by atoms with van der Waals surface area (Å²) in [4.78, 5) is 0. The summed E-state index contributed by atoms with van der Waals surface area (Å²) in [6.07, 6.45) is 0. The van der Waals surface area contributed by atoms with E-state index in [1.165, 1.54) is 49.7 Å². The van der Waals surface area contributed by atoms with Crippen molar-refractivity contribution >= 4 is 43.7 Å². The Bertz CT molecular complexity index is 3860. The van der Waals surface area contributed by atoms with Gasteiger partial charge in [-0.2, -0.15) is 0 Å². The highest BCUT2D eigenvalue weighted by Gasteiger charge is 2.21. The molecule has 0 radical (unpaired) electrons. The van der Waals surface area contributed by atoms with Crippen LogP contribution in [0, 0.1) is 0 Å². The number of fused-ring (bicyclic) bond motifs is 6. The number of nitrogens with zero attached hydrogens (tertiary/aromatic N) is 1. The fourth-order valence-corrected chi connectivity index (χ4v) is 10.3. The van der Waals surface area contributed by atoms with E-state index in [2.05, 4.69) is 265 Å². The monoisotopic (exact) mass is 865 g/mol. The quantitative estimate of drug-likeness (QED) is 0.149. The fourth-order valence-electron chi connectivity index (χ4n) is 10.3. The molecule has 0 spiro atoms. The van der Waals surface area contributed by atoms with Gasteiger partial charge in [0.1, 0.15) is 11.2 Å². The molecule has 0 aliphatic carbocycles. The molecule has 0 aliphatic heterocycles. The standard InChI is InChI=1S/C66H43NO/c1-6-19-44(20-7-1)49-35-50(45-21-8-2-9-22-45)38-53(37-49)48-33-34-56(60(41-48)54-39-51(46-23-10-3-11-24-46)36-52(40-54)47-25-12-4-13-26-47)58-30-18-31-59-62-42-61-57-29-16-17-32-63(57)67(55-27-14-5-15-28-55)64(61)43-65(62)68-66(58)59/h1-43H. The third-order valence-electron chi connectivity index (χ3n) is 13.6. The van der Waals surface area contributed by atoms with Gasteiger partial charge in [-0.1, -0.05) is 188 Å². The molecule has 0 saturated heterocycles. The van der Waals surface area contributed by atoms with E-state index in [0.29, 0.717) is 0 Å². The molecule has 13 aromatic rings. The van der Waals surface area contributed by atoms with Gasteiger partial charge in [-0.05, 0) is 139 Å². The number of hydrogen-bond donors (Lipinski definition) is 0. The Morgan fingerprint density at radius 3 is 1.26 bits per heavy atom. The number of rotatable bonds is 8. The third kappa shape index (κ3) is 6.90. The SMILES string of the molecule is c1ccc(-c2cc(-c3ccccc3)cc(-c3ccc(-c4cccc5c4oc4cc6c(cc45)c4ccccc4n6-c4ccccc4)c(-c4cc(-c5ccccc5)cc(-c5ccccc5)c4)c3)c2)cc1. The molecule has 0 aliphatic rings. The van der Waals surface area contributed by atoms with E-state index in [-0.39, 0.29) is 0 Å². The van der Waals surface area contributed by atoms with Crippen LogP contribution < -0.4 is 0 Å². The molecule has 0 N–H and O–H groups in total. The minimum absolute atomic E-state index is 0.863. The van der Waals surface area contributed by atoms with Crippen molar-refractivity contribution in [3.05, 3.63) is 261 Å². The first kappa shape index (κ1) is 39.4. The fraction of sp³-hybridized carbons (Fsp3) is 0. The zero-order valence-electron chi connectivity index (χ0n) is 37.2. The summed E-state index contributed by atoms with van der Waals surface area (Å²) in [6.45, 7) is 0. The van der Waals surface area contributed by atoms with Crippen LogP contribution in [-0.2, 0) is 0 Å². The second-order valence-electron chi connectivity index (χ2n) is 17.7. The average Bonchev–Trinajstić information content (AvgIpc) is 3.96. The largest absolute Gasteiger partial charge is 0.455 e. The highest BCUT2D eigenvalue weighted by Crippen LogP contribution is 2.46. The molecule has 0 atom stereocenters. The summed E-state index contributed by atoms with van der Waals surface area (Å²) in [5.74, 6) is 0. The highest BCUT2D eigenvalue weighted by atomic mass is 16.3. The molecular formula is C66H43NO. The third-order valence-corrected chi connectivity index (χ3v) is 13.6. The minimum Gasteiger partial charge on any atom is -0.455 e. The van der Waals surface area contributed by atoms with Crippen LogP contribution in [-0.4, -0.2) is 4.57 Å². The lowest BCUT2D eigenvalue weighted by Crippen LogP contribution is -1.92. The Labute approximate surface area is 395 Å². The summed E-state index contributed by atoms with van der Waals surface area (Å²) < 4.78 is 9.50. The van der Waals surface area contributed by atoms with Gasteiger partial charge < -0.3 is 8.98 Å². The van der Waals surface area contributed by atoms with Crippen molar-refractivity contribution in [1.29, 1.82) is 0 Å². The van der Waals surface area contributed by atoms with Gasteiger partial charge in [0.2, 0.25) is 0 Å². The van der Waals surface area contributed by atoms with Crippen molar-refractivity contribution < 1.29 is 4.42 Å². The van der Waals surface area contributed by atoms with E-state index < -0.39 is 0 Å². The molecule has 318 valence electrons. The van der Waals surface area contributed by atoms with Crippen molar-refractivity contribution in [2.45, 2.75) is 0 Å². The molecule has 0 fully saturated rings. The number of furan rings is 1. The summed E-state index contributed by atoms with van der Waals surface area (Å²) >= 11 is 0. The predicted octanol–water partition coefficient (Wildman–Crippen LogP) is 18.4. The first-order valence-corrected chi connectivity index (χ1v) is 23.3. The Balaban J connectivity index is 1.07. The lowest BCUT2D eigenvalue weighted by atomic mass is 9.86. The van der Waals surface area contributed by atoms with Crippen LogP contribution >= 0.6 is 0 Å². The van der Waals surface area contributed by atoms with Gasteiger partial charge in [-0.25, -0.2) is 0 Å². The van der Waals surface area contributed by atoms with Crippen LogP contribution in [0.1, 0.15) is 0 Å². The summed E-state index contributed by atoms with van der Waals surface area (Å²) in [7, 11) is 0. The number of aromatic nitrogens is 1. The average molecular weight is 866 g/mol. The van der Waals surface area contributed by atoms with E-state index in [0.717, 1.165) is 77.7 Å². The van der Waals surface area contributed by atoms with Gasteiger partial charge in [-0.3, -0.25) is 0 Å². The maximum atomic E-state index is 7.14. The molecule has 0 bridgehead atoms. The minimum atomic E-state index is 0.863. The zero-order valence-corrected chi connectivity index (χ0v) is 37.2. The normalized spacial score (nSPS) is 11.5. The van der Waals surface area contributed by atoms with E-state index in [1.54, 1.807) is 0 Å². The number of hydrogen-bond acceptors (Lipinski definition) is 1. The van der Waals surface area contributed by atoms with Gasteiger partial charge in [0.15, 0.2) is 0 Å². The van der Waals surface area contributed by atoms with Crippen LogP contribution in [0.15, 0.2) is 265 Å². The predicted molar refractivity (Wildman–Crippen MR) is 286 cm³/mol. The van der Waals surface area contributed by atoms with E-state index >= 15 is 0 Å². The van der Waals surface area contributed by atoms with Crippen molar-refractivity contribution in [3.8, 4) is 83.6 Å². The topological polar surface area (TPSA) is 18.1 Å². The highest BCUT2D eigenvalue weighted by molar-refractivity contribution is 6.19. The second-order valence-corrected chi connectivity index (χ2v) is 17.7. The number of benzene rings is 11. The Kier molecular flexibility index (Phi) is 9.54. The van der Waals surface area contributed by atoms with Gasteiger partial charge >= 0.3 is 0 Å². The molecule has 2 heteroatoms. The van der Waals surface area contributed by atoms with Crippen molar-refractivity contribution in [2.75, 3.05) is 0 Å². The second kappa shape index (κ2) is 16.5. The molecular weight excluding hydrogens is 823 g/mol. The smallest absolute Gasteiger partial charge is 0.143 e. The molecule has 2 aromatic heterocycles. The first-order chi connectivity index (χ1) is 33.7. The molecule has 2 heterocycles. The van der Waals surface area contributed by atoms with Crippen molar-refractivity contribution in [3.63, 3.8) is 0 Å². The maximum Gasteiger partial charge on any atom is 0.143 e. The van der Waals surface area contributed by atoms with Crippen LogP contribution in [0.4, 0.5) is 0 Å². The lowest BCUT2D eigenvalue weighted by molar-refractivity contribution is 0.670. The zero-order chi connectivity index (χ0) is 45.0. The van der Waals surface area contributed by atoms with Crippen LogP contribution in [0.5, 0.6) is 0 Å². The molecule has 68 heavy (non-hydrogen) atoms. The molecule has 0 unspecified atom stereocenters. The summed E-state index contributed by atoms with van der Waals surface area (Å²) in [5, 5.41) is 4.62. The molecule has 2 nitrogen and oxygen atoms in total. The van der Waals surface area contributed by atoms with E-state index in [9.17, 15) is 0 Å². The molecule has 0 saturated carbocycles. The van der Waals surface area contributed by atoms with Crippen LogP contribution in [0.25, 0.3) is 127 Å². The first-order valence-electron chi connectivity index (χ1n) is 23.3. The van der Waals surface area contributed by atoms with E-state index in [4.69, 9.17) is 4.42 Å². The van der Waals surface area contributed by atoms with Crippen LogP contribution in [0.2, 0.25) is 0 Å². The Morgan fingerprint density at radius 2 is 0.706 bits per heavy atom. The van der Waals surface area contributed by atoms with Crippen molar-refractivity contribution in [1.82, 2.24) is 4.57 Å². The number of para-hydroxylation sites is 3. The van der Waals surface area contributed by atoms with Gasteiger partial charge in [0.05, 0.1) is 11.0 Å². The maximum absolute atomic E-state index is 7.14.